The monoisotopic (exact) mass is 176 g/mol. The van der Waals surface area contributed by atoms with E-state index >= 15 is 0 Å². The van der Waals surface area contributed by atoms with Gasteiger partial charge in [0.15, 0.2) is 0 Å². The molecular weight excluding hydrogens is 164 g/mol. The Morgan fingerprint density at radius 2 is 1.27 bits per heavy atom. The molecule has 0 bridgehead atoms. The van der Waals surface area contributed by atoms with Gasteiger partial charge in [0.2, 0.25) is 0 Å². The second kappa shape index (κ2) is 12.1. The summed E-state index contributed by atoms with van der Waals surface area (Å²) in [6.45, 7) is 0. The molecule has 0 fully saturated rings. The third kappa shape index (κ3) is 9.43. The standard InChI is InChI=1S/C6H5Cl.2CH4O/c7-6-4-2-1-3-5-6;2*1-2/h1-5H;2*2H,1H3. The van der Waals surface area contributed by atoms with Gasteiger partial charge < -0.3 is 10.2 Å². The molecule has 0 aliphatic heterocycles. The molecule has 0 saturated heterocycles. The van der Waals surface area contributed by atoms with Crippen molar-refractivity contribution < 1.29 is 10.2 Å². The summed E-state index contributed by atoms with van der Waals surface area (Å²) in [7, 11) is 2.00. The van der Waals surface area contributed by atoms with Crippen LogP contribution in [0.1, 0.15) is 0 Å². The van der Waals surface area contributed by atoms with Crippen LogP contribution in [0, 0.1) is 0 Å². The number of benzene rings is 1. The van der Waals surface area contributed by atoms with Gasteiger partial charge in [-0.1, -0.05) is 29.8 Å². The molecule has 1 aromatic carbocycles. The summed E-state index contributed by atoms with van der Waals surface area (Å²) in [5.41, 5.74) is 0. The van der Waals surface area contributed by atoms with Crippen molar-refractivity contribution in [1.82, 2.24) is 0 Å². The van der Waals surface area contributed by atoms with Crippen molar-refractivity contribution in [3.8, 4) is 0 Å². The molecule has 0 atom stereocenters. The van der Waals surface area contributed by atoms with Crippen molar-refractivity contribution in [3.05, 3.63) is 35.4 Å². The molecule has 1 rings (SSSR count). The smallest absolute Gasteiger partial charge is 0.0405 e. The largest absolute Gasteiger partial charge is 0.400 e. The van der Waals surface area contributed by atoms with Crippen LogP contribution in [0.4, 0.5) is 0 Å². The van der Waals surface area contributed by atoms with Gasteiger partial charge in [-0.3, -0.25) is 0 Å². The Morgan fingerprint density at radius 1 is 0.909 bits per heavy atom. The van der Waals surface area contributed by atoms with Crippen molar-refractivity contribution in [2.24, 2.45) is 0 Å². The summed E-state index contributed by atoms with van der Waals surface area (Å²) in [4.78, 5) is 0. The molecule has 64 valence electrons. The van der Waals surface area contributed by atoms with Gasteiger partial charge in [-0.2, -0.15) is 0 Å². The number of aliphatic hydroxyl groups excluding tert-OH is 2. The molecule has 2 N–H and O–H groups in total. The number of aliphatic hydroxyl groups is 2. The minimum atomic E-state index is 0.794. The molecule has 2 nitrogen and oxygen atoms in total. The Balaban J connectivity index is 0. The number of hydrogen-bond donors (Lipinski definition) is 2. The van der Waals surface area contributed by atoms with E-state index in [0.717, 1.165) is 19.2 Å². The lowest BCUT2D eigenvalue weighted by atomic mass is 10.4. The van der Waals surface area contributed by atoms with E-state index in [2.05, 4.69) is 0 Å². The third-order valence-corrected chi connectivity index (χ3v) is 0.985. The maximum atomic E-state index is 7.00. The lowest BCUT2D eigenvalue weighted by molar-refractivity contribution is 0.399. The molecule has 0 amide bonds. The van der Waals surface area contributed by atoms with Gasteiger partial charge in [0.05, 0.1) is 0 Å². The first-order chi connectivity index (χ1) is 5.39. The van der Waals surface area contributed by atoms with Crippen molar-refractivity contribution in [1.29, 1.82) is 0 Å². The average Bonchev–Trinajstić information content (AvgIpc) is 2.13. The zero-order chi connectivity index (χ0) is 9.11. The summed E-state index contributed by atoms with van der Waals surface area (Å²) >= 11 is 5.54. The SMILES string of the molecule is CO.CO.Clc1ccccc1. The second-order valence-electron chi connectivity index (χ2n) is 1.30. The van der Waals surface area contributed by atoms with E-state index in [-0.39, 0.29) is 0 Å². The van der Waals surface area contributed by atoms with Crippen LogP contribution in [0.15, 0.2) is 30.3 Å². The van der Waals surface area contributed by atoms with Crippen molar-refractivity contribution in [3.63, 3.8) is 0 Å². The van der Waals surface area contributed by atoms with Crippen LogP contribution in [-0.2, 0) is 0 Å². The second-order valence-corrected chi connectivity index (χ2v) is 1.73. The van der Waals surface area contributed by atoms with Crippen molar-refractivity contribution >= 4 is 11.6 Å². The molecule has 0 heterocycles. The van der Waals surface area contributed by atoms with Crippen LogP contribution >= 0.6 is 11.6 Å². The van der Waals surface area contributed by atoms with Crippen LogP contribution in [0.2, 0.25) is 5.02 Å². The van der Waals surface area contributed by atoms with E-state index in [9.17, 15) is 0 Å². The molecule has 0 saturated carbocycles. The summed E-state index contributed by atoms with van der Waals surface area (Å²) in [5.74, 6) is 0. The van der Waals surface area contributed by atoms with Gasteiger partial charge in [-0.15, -0.1) is 0 Å². The van der Waals surface area contributed by atoms with Gasteiger partial charge in [-0.05, 0) is 12.1 Å². The van der Waals surface area contributed by atoms with Crippen LogP contribution in [0.5, 0.6) is 0 Å². The van der Waals surface area contributed by atoms with Gasteiger partial charge >= 0.3 is 0 Å². The highest BCUT2D eigenvalue weighted by Crippen LogP contribution is 2.03. The maximum Gasteiger partial charge on any atom is 0.0405 e. The minimum absolute atomic E-state index is 0.794. The van der Waals surface area contributed by atoms with E-state index in [1.54, 1.807) is 0 Å². The summed E-state index contributed by atoms with van der Waals surface area (Å²) < 4.78 is 0. The predicted octanol–water partition coefficient (Wildman–Crippen LogP) is 1.56. The molecule has 3 heteroatoms. The zero-order valence-corrected chi connectivity index (χ0v) is 7.42. The number of hydrogen-bond acceptors (Lipinski definition) is 2. The number of rotatable bonds is 0. The summed E-state index contributed by atoms with van der Waals surface area (Å²) in [6.07, 6.45) is 0. The van der Waals surface area contributed by atoms with Gasteiger partial charge in [-0.25, -0.2) is 0 Å². The third-order valence-electron chi connectivity index (χ3n) is 0.733. The van der Waals surface area contributed by atoms with Crippen molar-refractivity contribution in [2.45, 2.75) is 0 Å². The van der Waals surface area contributed by atoms with Gasteiger partial charge in [0, 0.05) is 19.2 Å². The fourth-order valence-electron chi connectivity index (χ4n) is 0.415. The van der Waals surface area contributed by atoms with Crippen LogP contribution in [0.25, 0.3) is 0 Å². The first-order valence-corrected chi connectivity index (χ1v) is 3.37. The molecule has 0 spiro atoms. The molecule has 0 aliphatic rings. The first kappa shape index (κ1) is 13.1. The van der Waals surface area contributed by atoms with E-state index in [1.807, 2.05) is 30.3 Å². The van der Waals surface area contributed by atoms with E-state index < -0.39 is 0 Å². The molecular formula is C8H13ClO2. The molecule has 11 heavy (non-hydrogen) atoms. The lowest BCUT2D eigenvalue weighted by Gasteiger charge is -1.80. The Kier molecular flexibility index (Phi) is 14.4. The summed E-state index contributed by atoms with van der Waals surface area (Å²) in [6, 6.07) is 9.44. The lowest BCUT2D eigenvalue weighted by Crippen LogP contribution is -1.55. The highest BCUT2D eigenvalue weighted by Gasteiger charge is 1.74. The zero-order valence-electron chi connectivity index (χ0n) is 6.66. The Labute approximate surface area is 72.1 Å². The predicted molar refractivity (Wildman–Crippen MR) is 47.7 cm³/mol. The molecule has 1 aromatic rings. The van der Waals surface area contributed by atoms with E-state index in [0.29, 0.717) is 0 Å². The first-order valence-electron chi connectivity index (χ1n) is 2.99. The highest BCUT2D eigenvalue weighted by molar-refractivity contribution is 6.30. The van der Waals surface area contributed by atoms with E-state index in [4.69, 9.17) is 21.8 Å². The Hall–Kier alpha value is -0.570. The molecule has 0 aromatic heterocycles. The fraction of sp³-hybridized carbons (Fsp3) is 0.250. The number of halogens is 1. The molecule has 0 radical (unpaired) electrons. The Bertz CT molecular complexity index is 142. The maximum absolute atomic E-state index is 7.00. The summed E-state index contributed by atoms with van der Waals surface area (Å²) in [5, 5.41) is 14.8. The van der Waals surface area contributed by atoms with E-state index in [1.165, 1.54) is 0 Å². The molecule has 0 unspecified atom stereocenters. The topological polar surface area (TPSA) is 40.5 Å². The van der Waals surface area contributed by atoms with Crippen LogP contribution in [0.3, 0.4) is 0 Å². The minimum Gasteiger partial charge on any atom is -0.400 e. The van der Waals surface area contributed by atoms with Crippen molar-refractivity contribution in [2.75, 3.05) is 14.2 Å². The van der Waals surface area contributed by atoms with Gasteiger partial charge in [0.1, 0.15) is 0 Å². The quantitative estimate of drug-likeness (QED) is 0.630. The normalized spacial score (nSPS) is 6.64. The van der Waals surface area contributed by atoms with Gasteiger partial charge in [0.25, 0.3) is 0 Å². The molecule has 0 aliphatic carbocycles. The Morgan fingerprint density at radius 3 is 1.45 bits per heavy atom. The van der Waals surface area contributed by atoms with Crippen LogP contribution in [-0.4, -0.2) is 24.4 Å². The average molecular weight is 177 g/mol. The highest BCUT2D eigenvalue weighted by atomic mass is 35.5. The van der Waals surface area contributed by atoms with Crippen LogP contribution < -0.4 is 0 Å². The fourth-order valence-corrected chi connectivity index (χ4v) is 0.560.